The van der Waals surface area contributed by atoms with E-state index >= 15 is 0 Å². The molecule has 1 N–H and O–H groups in total. The Hall–Kier alpha value is -0.640. The van der Waals surface area contributed by atoms with Gasteiger partial charge in [0.1, 0.15) is 6.10 Å². The van der Waals surface area contributed by atoms with Gasteiger partial charge in [0.25, 0.3) is 0 Å². The van der Waals surface area contributed by atoms with Gasteiger partial charge in [0.2, 0.25) is 6.04 Å². The summed E-state index contributed by atoms with van der Waals surface area (Å²) >= 11 is 0. The van der Waals surface area contributed by atoms with Gasteiger partial charge in [0.15, 0.2) is 0 Å². The number of nitro groups is 1. The molecule has 0 amide bonds. The van der Waals surface area contributed by atoms with Crippen LogP contribution in [-0.4, -0.2) is 22.2 Å². The van der Waals surface area contributed by atoms with Crippen LogP contribution in [-0.2, 0) is 0 Å². The van der Waals surface area contributed by atoms with Gasteiger partial charge in [-0.3, -0.25) is 10.1 Å². The fraction of sp³-hybridized carbons (Fsp3) is 1.00. The number of unbranched alkanes of at least 4 members (excludes halogenated alkanes) is 2. The van der Waals surface area contributed by atoms with Crippen LogP contribution in [0.1, 0.15) is 39.5 Å². The lowest BCUT2D eigenvalue weighted by atomic mass is 10.1. The highest BCUT2D eigenvalue weighted by Gasteiger charge is 2.24. The standard InChI is InChI=1S/C8H17NO3/c1-3-4-5-6-8(7(2)10)9(11)12/h7-8,10H,3-6H2,1-2H3. The van der Waals surface area contributed by atoms with E-state index in [2.05, 4.69) is 0 Å². The summed E-state index contributed by atoms with van der Waals surface area (Å²) in [4.78, 5) is 9.99. The van der Waals surface area contributed by atoms with E-state index in [-0.39, 0.29) is 4.92 Å². The van der Waals surface area contributed by atoms with Crippen molar-refractivity contribution in [1.82, 2.24) is 0 Å². The molecule has 0 rings (SSSR count). The molecule has 0 fully saturated rings. The lowest BCUT2D eigenvalue weighted by Crippen LogP contribution is -2.31. The summed E-state index contributed by atoms with van der Waals surface area (Å²) in [5.74, 6) is 0. The molecule has 0 aliphatic heterocycles. The Bertz CT molecular complexity index is 136. The predicted octanol–water partition coefficient (Wildman–Crippen LogP) is 1.59. The summed E-state index contributed by atoms with van der Waals surface area (Å²) in [7, 11) is 0. The third-order valence-electron chi connectivity index (χ3n) is 1.93. The molecule has 0 saturated carbocycles. The molecule has 0 radical (unpaired) electrons. The molecule has 0 bridgehead atoms. The maximum Gasteiger partial charge on any atom is 0.238 e. The van der Waals surface area contributed by atoms with Crippen LogP contribution in [0.25, 0.3) is 0 Å². The van der Waals surface area contributed by atoms with Crippen molar-refractivity contribution in [2.45, 2.75) is 51.7 Å². The molecule has 0 aromatic heterocycles. The first-order chi connectivity index (χ1) is 5.59. The Labute approximate surface area is 72.7 Å². The van der Waals surface area contributed by atoms with Crippen LogP contribution < -0.4 is 0 Å². The fourth-order valence-corrected chi connectivity index (χ4v) is 1.13. The van der Waals surface area contributed by atoms with Crippen molar-refractivity contribution >= 4 is 0 Å². The number of hydrogen-bond acceptors (Lipinski definition) is 3. The third kappa shape index (κ3) is 4.28. The minimum absolute atomic E-state index is 0.389. The van der Waals surface area contributed by atoms with Crippen molar-refractivity contribution in [2.75, 3.05) is 0 Å². The van der Waals surface area contributed by atoms with Crippen molar-refractivity contribution in [3.8, 4) is 0 Å². The quantitative estimate of drug-likeness (QED) is 0.379. The number of hydrogen-bond donors (Lipinski definition) is 1. The van der Waals surface area contributed by atoms with E-state index in [1.165, 1.54) is 6.92 Å². The summed E-state index contributed by atoms with van der Waals surface area (Å²) in [5, 5.41) is 19.4. The third-order valence-corrected chi connectivity index (χ3v) is 1.93. The van der Waals surface area contributed by atoms with Crippen molar-refractivity contribution in [2.24, 2.45) is 0 Å². The molecule has 4 nitrogen and oxygen atoms in total. The lowest BCUT2D eigenvalue weighted by Gasteiger charge is -2.10. The maximum atomic E-state index is 10.4. The molecule has 72 valence electrons. The Morgan fingerprint density at radius 3 is 2.42 bits per heavy atom. The molecule has 0 aliphatic rings. The molecular weight excluding hydrogens is 158 g/mol. The summed E-state index contributed by atoms with van der Waals surface area (Å²) in [6.45, 7) is 3.52. The second-order valence-electron chi connectivity index (χ2n) is 3.09. The largest absolute Gasteiger partial charge is 0.386 e. The van der Waals surface area contributed by atoms with Crippen molar-refractivity contribution in [1.29, 1.82) is 0 Å². The molecule has 0 aromatic carbocycles. The van der Waals surface area contributed by atoms with Gasteiger partial charge in [0, 0.05) is 11.3 Å². The predicted molar refractivity (Wildman–Crippen MR) is 46.6 cm³/mol. The zero-order chi connectivity index (χ0) is 9.56. The highest BCUT2D eigenvalue weighted by atomic mass is 16.6. The summed E-state index contributed by atoms with van der Waals surface area (Å²) < 4.78 is 0. The first kappa shape index (κ1) is 11.4. The Kier molecular flexibility index (Phi) is 5.62. The molecule has 0 aromatic rings. The van der Waals surface area contributed by atoms with Gasteiger partial charge < -0.3 is 5.11 Å². The van der Waals surface area contributed by atoms with Crippen LogP contribution in [0.3, 0.4) is 0 Å². The summed E-state index contributed by atoms with van der Waals surface area (Å²) in [5.41, 5.74) is 0. The van der Waals surface area contributed by atoms with E-state index in [1.807, 2.05) is 6.92 Å². The second kappa shape index (κ2) is 5.94. The molecule has 0 aliphatic carbocycles. The van der Waals surface area contributed by atoms with Gasteiger partial charge in [-0.15, -0.1) is 0 Å². The average Bonchev–Trinajstić information content (AvgIpc) is 1.96. The van der Waals surface area contributed by atoms with Gasteiger partial charge in [-0.2, -0.15) is 0 Å². The molecule has 0 saturated heterocycles. The highest BCUT2D eigenvalue weighted by molar-refractivity contribution is 4.62. The van der Waals surface area contributed by atoms with Gasteiger partial charge in [-0.25, -0.2) is 0 Å². The van der Waals surface area contributed by atoms with Gasteiger partial charge >= 0.3 is 0 Å². The summed E-state index contributed by atoms with van der Waals surface area (Å²) in [6, 6.07) is -0.781. The monoisotopic (exact) mass is 175 g/mol. The van der Waals surface area contributed by atoms with Crippen LogP contribution in [0.15, 0.2) is 0 Å². The Balaban J connectivity index is 3.72. The topological polar surface area (TPSA) is 63.4 Å². The number of rotatable bonds is 6. The van der Waals surface area contributed by atoms with Gasteiger partial charge in [-0.1, -0.05) is 19.8 Å². The van der Waals surface area contributed by atoms with Crippen LogP contribution >= 0.6 is 0 Å². The SMILES string of the molecule is CCCCCC(C(C)O)[N+](=O)[O-]. The van der Waals surface area contributed by atoms with Gasteiger partial charge in [0.05, 0.1) is 0 Å². The van der Waals surface area contributed by atoms with Crippen LogP contribution in [0.5, 0.6) is 0 Å². The molecule has 2 unspecified atom stereocenters. The average molecular weight is 175 g/mol. The molecule has 4 heteroatoms. The van der Waals surface area contributed by atoms with E-state index in [4.69, 9.17) is 5.11 Å². The van der Waals surface area contributed by atoms with Crippen LogP contribution in [0.4, 0.5) is 0 Å². The van der Waals surface area contributed by atoms with Crippen molar-refractivity contribution < 1.29 is 10.0 Å². The Morgan fingerprint density at radius 1 is 1.50 bits per heavy atom. The first-order valence-corrected chi connectivity index (χ1v) is 4.41. The lowest BCUT2D eigenvalue weighted by molar-refractivity contribution is -0.534. The number of aliphatic hydroxyl groups is 1. The van der Waals surface area contributed by atoms with E-state index < -0.39 is 12.1 Å². The smallest absolute Gasteiger partial charge is 0.238 e. The zero-order valence-corrected chi connectivity index (χ0v) is 7.69. The molecule has 12 heavy (non-hydrogen) atoms. The van der Waals surface area contributed by atoms with Crippen LogP contribution in [0.2, 0.25) is 0 Å². The molecule has 0 heterocycles. The van der Waals surface area contributed by atoms with Gasteiger partial charge in [-0.05, 0) is 13.3 Å². The normalized spacial score (nSPS) is 15.6. The zero-order valence-electron chi connectivity index (χ0n) is 7.69. The van der Waals surface area contributed by atoms with E-state index in [9.17, 15) is 10.1 Å². The van der Waals surface area contributed by atoms with E-state index in [0.717, 1.165) is 19.3 Å². The van der Waals surface area contributed by atoms with Crippen molar-refractivity contribution in [3.05, 3.63) is 10.1 Å². The minimum atomic E-state index is -0.836. The number of nitrogens with zero attached hydrogens (tertiary/aromatic N) is 1. The second-order valence-corrected chi connectivity index (χ2v) is 3.09. The minimum Gasteiger partial charge on any atom is -0.386 e. The van der Waals surface area contributed by atoms with E-state index in [1.54, 1.807) is 0 Å². The molecule has 0 spiro atoms. The maximum absolute atomic E-state index is 10.4. The first-order valence-electron chi connectivity index (χ1n) is 4.41. The molecule has 2 atom stereocenters. The molecular formula is C8H17NO3. The van der Waals surface area contributed by atoms with Crippen molar-refractivity contribution in [3.63, 3.8) is 0 Å². The fourth-order valence-electron chi connectivity index (χ4n) is 1.13. The van der Waals surface area contributed by atoms with E-state index in [0.29, 0.717) is 6.42 Å². The number of aliphatic hydroxyl groups excluding tert-OH is 1. The van der Waals surface area contributed by atoms with Crippen LogP contribution in [0, 0.1) is 10.1 Å². The summed E-state index contributed by atoms with van der Waals surface area (Å²) in [6.07, 6.45) is 2.52. The highest BCUT2D eigenvalue weighted by Crippen LogP contribution is 2.09. The Morgan fingerprint density at radius 2 is 2.08 bits per heavy atom.